The lowest BCUT2D eigenvalue weighted by Gasteiger charge is -2.25. The van der Waals surface area contributed by atoms with Crippen LogP contribution in [0.2, 0.25) is 0 Å². The zero-order valence-corrected chi connectivity index (χ0v) is 13.3. The summed E-state index contributed by atoms with van der Waals surface area (Å²) in [4.78, 5) is 14.1. The van der Waals surface area contributed by atoms with Gasteiger partial charge in [0, 0.05) is 12.2 Å². The highest BCUT2D eigenvalue weighted by Gasteiger charge is 2.10. The third-order valence-corrected chi connectivity index (χ3v) is 3.66. The number of carbonyl (C=O) groups excluding carboxylic acids is 1. The molecule has 1 aromatic carbocycles. The van der Waals surface area contributed by atoms with Crippen molar-refractivity contribution in [3.8, 4) is 5.75 Å². The molecule has 0 bridgehead atoms. The Hall–Kier alpha value is -1.75. The van der Waals surface area contributed by atoms with E-state index in [-0.39, 0.29) is 0 Å². The zero-order chi connectivity index (χ0) is 15.6. The number of benzene rings is 1. The fraction of sp³-hybridized carbons (Fsp3) is 0.588. The van der Waals surface area contributed by atoms with Gasteiger partial charge < -0.3 is 9.47 Å². The first-order chi connectivity index (χ1) is 10.8. The number of ether oxygens (including phenoxy) is 2. The molecule has 1 heterocycles. The summed E-state index contributed by atoms with van der Waals surface area (Å²) < 4.78 is 10.7. The van der Waals surface area contributed by atoms with Crippen LogP contribution in [-0.2, 0) is 4.74 Å². The highest BCUT2D eigenvalue weighted by molar-refractivity contribution is 5.84. The molecule has 1 N–H and O–H groups in total. The summed E-state index contributed by atoms with van der Waals surface area (Å²) in [6, 6.07) is 7.33. The molecular formula is C17H26N2O3. The number of hydrogen-bond acceptors (Lipinski definition) is 4. The second-order valence-electron chi connectivity index (χ2n) is 5.54. The molecule has 1 aromatic rings. The second kappa shape index (κ2) is 9.30. The molecule has 0 saturated carbocycles. The molecule has 0 unspecified atom stereocenters. The fourth-order valence-corrected chi connectivity index (χ4v) is 2.46. The SMILES string of the molecule is CCCOc1ccc(NC(=O)OCCN2CCCCC2)cc1. The van der Waals surface area contributed by atoms with Crippen molar-refractivity contribution in [3.63, 3.8) is 0 Å². The van der Waals surface area contributed by atoms with Crippen molar-refractivity contribution in [2.24, 2.45) is 0 Å². The van der Waals surface area contributed by atoms with Crippen LogP contribution in [0.4, 0.5) is 10.5 Å². The summed E-state index contributed by atoms with van der Waals surface area (Å²) in [5.74, 6) is 0.811. The molecule has 1 aliphatic rings. The highest BCUT2D eigenvalue weighted by atomic mass is 16.5. The number of nitrogens with one attached hydrogen (secondary N) is 1. The summed E-state index contributed by atoms with van der Waals surface area (Å²) >= 11 is 0. The quantitative estimate of drug-likeness (QED) is 0.837. The Balaban J connectivity index is 1.65. The van der Waals surface area contributed by atoms with E-state index in [0.717, 1.165) is 31.8 Å². The van der Waals surface area contributed by atoms with E-state index in [1.54, 1.807) is 0 Å². The Labute approximate surface area is 132 Å². The van der Waals surface area contributed by atoms with Crippen molar-refractivity contribution in [1.82, 2.24) is 4.90 Å². The molecule has 0 spiro atoms. The van der Waals surface area contributed by atoms with Crippen molar-refractivity contribution in [2.45, 2.75) is 32.6 Å². The van der Waals surface area contributed by atoms with Gasteiger partial charge in [0.25, 0.3) is 0 Å². The molecule has 1 aliphatic heterocycles. The number of hydrogen-bond donors (Lipinski definition) is 1. The molecule has 2 rings (SSSR count). The van der Waals surface area contributed by atoms with Crippen LogP contribution >= 0.6 is 0 Å². The summed E-state index contributed by atoms with van der Waals surface area (Å²) in [7, 11) is 0. The average molecular weight is 306 g/mol. The fourth-order valence-electron chi connectivity index (χ4n) is 2.46. The van der Waals surface area contributed by atoms with Crippen molar-refractivity contribution in [3.05, 3.63) is 24.3 Å². The lowest BCUT2D eigenvalue weighted by Crippen LogP contribution is -2.33. The van der Waals surface area contributed by atoms with Crippen LogP contribution in [-0.4, -0.2) is 43.8 Å². The van der Waals surface area contributed by atoms with Gasteiger partial charge in [0.2, 0.25) is 0 Å². The third kappa shape index (κ3) is 5.93. The first kappa shape index (κ1) is 16.6. The second-order valence-corrected chi connectivity index (χ2v) is 5.54. The smallest absolute Gasteiger partial charge is 0.411 e. The monoisotopic (exact) mass is 306 g/mol. The molecule has 0 atom stereocenters. The van der Waals surface area contributed by atoms with Crippen LogP contribution in [0, 0.1) is 0 Å². The van der Waals surface area contributed by atoms with Crippen LogP contribution in [0.5, 0.6) is 5.75 Å². The largest absolute Gasteiger partial charge is 0.494 e. The van der Waals surface area contributed by atoms with Gasteiger partial charge in [0.05, 0.1) is 6.61 Å². The van der Waals surface area contributed by atoms with E-state index in [1.165, 1.54) is 19.3 Å². The van der Waals surface area contributed by atoms with Gasteiger partial charge >= 0.3 is 6.09 Å². The molecule has 0 aromatic heterocycles. The molecule has 0 aliphatic carbocycles. The van der Waals surface area contributed by atoms with Crippen molar-refractivity contribution >= 4 is 11.8 Å². The third-order valence-electron chi connectivity index (χ3n) is 3.66. The Bertz CT molecular complexity index is 442. The lowest BCUT2D eigenvalue weighted by molar-refractivity contribution is 0.131. The Morgan fingerprint density at radius 3 is 2.55 bits per heavy atom. The van der Waals surface area contributed by atoms with E-state index >= 15 is 0 Å². The molecule has 122 valence electrons. The number of amides is 1. The van der Waals surface area contributed by atoms with Crippen molar-refractivity contribution in [1.29, 1.82) is 0 Å². The van der Waals surface area contributed by atoms with Crippen LogP contribution in [0.3, 0.4) is 0 Å². The average Bonchev–Trinajstić information content (AvgIpc) is 2.55. The lowest BCUT2D eigenvalue weighted by atomic mass is 10.1. The van der Waals surface area contributed by atoms with Crippen LogP contribution in [0.15, 0.2) is 24.3 Å². The van der Waals surface area contributed by atoms with Gasteiger partial charge in [-0.3, -0.25) is 10.2 Å². The highest BCUT2D eigenvalue weighted by Crippen LogP contribution is 2.16. The van der Waals surface area contributed by atoms with Gasteiger partial charge in [-0.25, -0.2) is 4.79 Å². The molecule has 1 saturated heterocycles. The Morgan fingerprint density at radius 1 is 1.14 bits per heavy atom. The maximum absolute atomic E-state index is 11.7. The minimum atomic E-state index is -0.403. The van der Waals surface area contributed by atoms with Crippen LogP contribution in [0.1, 0.15) is 32.6 Å². The van der Waals surface area contributed by atoms with E-state index < -0.39 is 6.09 Å². The number of rotatable bonds is 7. The number of carbonyl (C=O) groups is 1. The first-order valence-electron chi connectivity index (χ1n) is 8.17. The molecule has 1 fully saturated rings. The van der Waals surface area contributed by atoms with Crippen LogP contribution < -0.4 is 10.1 Å². The van der Waals surface area contributed by atoms with Gasteiger partial charge in [-0.2, -0.15) is 0 Å². The first-order valence-corrected chi connectivity index (χ1v) is 8.17. The summed E-state index contributed by atoms with van der Waals surface area (Å²) in [6.45, 7) is 6.25. The summed E-state index contributed by atoms with van der Waals surface area (Å²) in [6.07, 6.45) is 4.38. The predicted octanol–water partition coefficient (Wildman–Crippen LogP) is 3.51. The predicted molar refractivity (Wildman–Crippen MR) is 87.5 cm³/mol. The van der Waals surface area contributed by atoms with E-state index in [0.29, 0.717) is 18.9 Å². The van der Waals surface area contributed by atoms with E-state index in [9.17, 15) is 4.79 Å². The Morgan fingerprint density at radius 2 is 1.86 bits per heavy atom. The molecular weight excluding hydrogens is 280 g/mol. The molecule has 5 nitrogen and oxygen atoms in total. The molecule has 1 amide bonds. The standard InChI is InChI=1S/C17H26N2O3/c1-2-13-21-16-8-6-15(7-9-16)18-17(20)22-14-12-19-10-4-3-5-11-19/h6-9H,2-5,10-14H2,1H3,(H,18,20). The van der Waals surface area contributed by atoms with Gasteiger partial charge in [0.1, 0.15) is 12.4 Å². The van der Waals surface area contributed by atoms with Gasteiger partial charge in [-0.1, -0.05) is 13.3 Å². The summed E-state index contributed by atoms with van der Waals surface area (Å²) in [5.41, 5.74) is 0.715. The number of likely N-dealkylation sites (tertiary alicyclic amines) is 1. The zero-order valence-electron chi connectivity index (χ0n) is 13.3. The van der Waals surface area contributed by atoms with E-state index in [4.69, 9.17) is 9.47 Å². The molecule has 0 radical (unpaired) electrons. The summed E-state index contributed by atoms with van der Waals surface area (Å²) in [5, 5.41) is 2.73. The topological polar surface area (TPSA) is 50.8 Å². The van der Waals surface area contributed by atoms with Crippen molar-refractivity contribution < 1.29 is 14.3 Å². The molecule has 5 heteroatoms. The van der Waals surface area contributed by atoms with Crippen LogP contribution in [0.25, 0.3) is 0 Å². The number of anilines is 1. The van der Waals surface area contributed by atoms with E-state index in [2.05, 4.69) is 17.1 Å². The Kier molecular flexibility index (Phi) is 7.03. The number of piperidine rings is 1. The van der Waals surface area contributed by atoms with E-state index in [1.807, 2.05) is 24.3 Å². The maximum Gasteiger partial charge on any atom is 0.411 e. The molecule has 22 heavy (non-hydrogen) atoms. The number of nitrogens with zero attached hydrogens (tertiary/aromatic N) is 1. The van der Waals surface area contributed by atoms with Gasteiger partial charge in [-0.15, -0.1) is 0 Å². The normalized spacial score (nSPS) is 15.3. The van der Waals surface area contributed by atoms with Crippen molar-refractivity contribution in [2.75, 3.05) is 38.2 Å². The van der Waals surface area contributed by atoms with Gasteiger partial charge in [0.15, 0.2) is 0 Å². The minimum absolute atomic E-state index is 0.403. The maximum atomic E-state index is 11.7. The van der Waals surface area contributed by atoms with Gasteiger partial charge in [-0.05, 0) is 56.6 Å². The minimum Gasteiger partial charge on any atom is -0.494 e.